The van der Waals surface area contributed by atoms with Crippen LogP contribution >= 0.6 is 0 Å². The molecular weight excluding hydrogens is 272 g/mol. The van der Waals surface area contributed by atoms with Crippen molar-refractivity contribution in [1.29, 1.82) is 0 Å². The highest BCUT2D eigenvalue weighted by Gasteiger charge is 1.98. The quantitative estimate of drug-likeness (QED) is 0.560. The predicted molar refractivity (Wildman–Crippen MR) is 89.0 cm³/mol. The van der Waals surface area contributed by atoms with Crippen molar-refractivity contribution < 1.29 is 4.74 Å². The van der Waals surface area contributed by atoms with Gasteiger partial charge in [-0.1, -0.05) is 42.5 Å². The molecule has 0 saturated carbocycles. The van der Waals surface area contributed by atoms with E-state index in [2.05, 4.69) is 10.2 Å². The second-order valence-electron chi connectivity index (χ2n) is 4.81. The van der Waals surface area contributed by atoms with Crippen LogP contribution in [0.15, 0.2) is 89.1 Å². The molecule has 3 aromatic carbocycles. The molecule has 0 aliphatic rings. The average molecular weight is 288 g/mol. The third kappa shape index (κ3) is 3.38. The van der Waals surface area contributed by atoms with Gasteiger partial charge in [-0.05, 0) is 47.5 Å². The van der Waals surface area contributed by atoms with E-state index in [-0.39, 0.29) is 0 Å². The first kappa shape index (κ1) is 14.0. The Hall–Kier alpha value is -2.94. The van der Waals surface area contributed by atoms with E-state index in [1.54, 1.807) is 7.11 Å². The fourth-order valence-corrected chi connectivity index (χ4v) is 2.11. The van der Waals surface area contributed by atoms with Crippen molar-refractivity contribution in [1.82, 2.24) is 0 Å². The molecule has 0 spiro atoms. The fraction of sp³-hybridized carbons (Fsp3) is 0.0526. The normalized spacial score (nSPS) is 10.8. The number of azo groups is 1. The van der Waals surface area contributed by atoms with Gasteiger partial charge in [-0.3, -0.25) is 0 Å². The maximum atomic E-state index is 5.17. The van der Waals surface area contributed by atoms with Crippen molar-refractivity contribution in [3.8, 4) is 16.9 Å². The summed E-state index contributed by atoms with van der Waals surface area (Å²) in [4.78, 5) is 0. The number of hydrogen-bond donors (Lipinski definition) is 0. The van der Waals surface area contributed by atoms with Crippen LogP contribution in [0.5, 0.6) is 5.75 Å². The molecule has 22 heavy (non-hydrogen) atoms. The molecule has 0 heterocycles. The van der Waals surface area contributed by atoms with Gasteiger partial charge < -0.3 is 4.74 Å². The van der Waals surface area contributed by atoms with E-state index in [1.165, 1.54) is 0 Å². The predicted octanol–water partition coefficient (Wildman–Crippen LogP) is 5.78. The molecule has 0 unspecified atom stereocenters. The van der Waals surface area contributed by atoms with Crippen LogP contribution in [0, 0.1) is 0 Å². The molecule has 0 bridgehead atoms. The number of methoxy groups -OCH3 is 1. The second kappa shape index (κ2) is 6.68. The summed E-state index contributed by atoms with van der Waals surface area (Å²) in [5.41, 5.74) is 3.97. The summed E-state index contributed by atoms with van der Waals surface area (Å²) in [6, 6.07) is 25.7. The summed E-state index contributed by atoms with van der Waals surface area (Å²) in [6.07, 6.45) is 0. The number of nitrogens with zero attached hydrogens (tertiary/aromatic N) is 2. The highest BCUT2D eigenvalue weighted by Crippen LogP contribution is 2.25. The maximum Gasteiger partial charge on any atom is 0.118 e. The van der Waals surface area contributed by atoms with Crippen molar-refractivity contribution >= 4 is 11.4 Å². The molecule has 0 aromatic heterocycles. The Labute approximate surface area is 129 Å². The Balaban J connectivity index is 1.76. The van der Waals surface area contributed by atoms with Crippen LogP contribution in [0.4, 0.5) is 11.4 Å². The molecule has 0 aliphatic heterocycles. The lowest BCUT2D eigenvalue weighted by atomic mass is 10.1. The zero-order valence-electron chi connectivity index (χ0n) is 12.3. The van der Waals surface area contributed by atoms with Crippen LogP contribution < -0.4 is 4.74 Å². The minimum absolute atomic E-state index is 0.834. The maximum absolute atomic E-state index is 5.17. The largest absolute Gasteiger partial charge is 0.497 e. The lowest BCUT2D eigenvalue weighted by Crippen LogP contribution is -1.82. The van der Waals surface area contributed by atoms with Crippen LogP contribution in [0.2, 0.25) is 0 Å². The highest BCUT2D eigenvalue weighted by atomic mass is 16.5. The van der Waals surface area contributed by atoms with E-state index >= 15 is 0 Å². The summed E-state index contributed by atoms with van der Waals surface area (Å²) in [5, 5.41) is 8.45. The Morgan fingerprint density at radius 2 is 1.09 bits per heavy atom. The highest BCUT2D eigenvalue weighted by molar-refractivity contribution is 5.66. The molecule has 0 N–H and O–H groups in total. The van der Waals surface area contributed by atoms with Crippen molar-refractivity contribution in [2.45, 2.75) is 0 Å². The molecule has 0 fully saturated rings. The SMILES string of the molecule is COc1ccc(-c2ccc(/N=N/c3ccccc3)cc2)cc1. The molecule has 108 valence electrons. The number of rotatable bonds is 4. The van der Waals surface area contributed by atoms with Crippen LogP contribution in [0.25, 0.3) is 11.1 Å². The minimum Gasteiger partial charge on any atom is -0.497 e. The molecule has 3 heteroatoms. The molecular formula is C19H16N2O. The monoisotopic (exact) mass is 288 g/mol. The van der Waals surface area contributed by atoms with Crippen molar-refractivity contribution in [2.24, 2.45) is 10.2 Å². The van der Waals surface area contributed by atoms with Gasteiger partial charge in [-0.2, -0.15) is 10.2 Å². The van der Waals surface area contributed by atoms with E-state index in [0.717, 1.165) is 28.3 Å². The van der Waals surface area contributed by atoms with Gasteiger partial charge in [0.05, 0.1) is 18.5 Å². The van der Waals surface area contributed by atoms with Gasteiger partial charge in [0.15, 0.2) is 0 Å². The lowest BCUT2D eigenvalue weighted by Gasteiger charge is -2.04. The fourth-order valence-electron chi connectivity index (χ4n) is 2.11. The third-order valence-electron chi connectivity index (χ3n) is 3.33. The number of ether oxygens (including phenoxy) is 1. The second-order valence-corrected chi connectivity index (χ2v) is 4.81. The molecule has 0 amide bonds. The van der Waals surface area contributed by atoms with Crippen LogP contribution in [-0.4, -0.2) is 7.11 Å². The van der Waals surface area contributed by atoms with Crippen LogP contribution in [-0.2, 0) is 0 Å². The number of hydrogen-bond acceptors (Lipinski definition) is 3. The molecule has 3 nitrogen and oxygen atoms in total. The molecule has 0 saturated heterocycles. The van der Waals surface area contributed by atoms with Gasteiger partial charge in [0.25, 0.3) is 0 Å². The zero-order valence-corrected chi connectivity index (χ0v) is 12.3. The standard InChI is InChI=1S/C19H16N2O/c1-22-19-13-9-16(10-14-19)15-7-11-18(12-8-15)21-20-17-5-3-2-4-6-17/h2-14H,1H3/b21-20+. The van der Waals surface area contributed by atoms with E-state index < -0.39 is 0 Å². The minimum atomic E-state index is 0.834. The van der Waals surface area contributed by atoms with Crippen LogP contribution in [0.1, 0.15) is 0 Å². The molecule has 3 rings (SSSR count). The van der Waals surface area contributed by atoms with Gasteiger partial charge in [0.1, 0.15) is 5.75 Å². The zero-order chi connectivity index (χ0) is 15.2. The smallest absolute Gasteiger partial charge is 0.118 e. The van der Waals surface area contributed by atoms with Gasteiger partial charge in [-0.25, -0.2) is 0 Å². The summed E-state index contributed by atoms with van der Waals surface area (Å²) < 4.78 is 5.17. The first-order valence-corrected chi connectivity index (χ1v) is 7.06. The van der Waals surface area contributed by atoms with Gasteiger partial charge in [0.2, 0.25) is 0 Å². The summed E-state index contributed by atoms with van der Waals surface area (Å²) in [5.74, 6) is 0.858. The van der Waals surface area contributed by atoms with Crippen molar-refractivity contribution in [2.75, 3.05) is 7.11 Å². The summed E-state index contributed by atoms with van der Waals surface area (Å²) in [7, 11) is 1.67. The van der Waals surface area contributed by atoms with Gasteiger partial charge >= 0.3 is 0 Å². The Morgan fingerprint density at radius 1 is 0.591 bits per heavy atom. The third-order valence-corrected chi connectivity index (χ3v) is 3.33. The van der Waals surface area contributed by atoms with Crippen LogP contribution in [0.3, 0.4) is 0 Å². The van der Waals surface area contributed by atoms with E-state index in [4.69, 9.17) is 4.74 Å². The lowest BCUT2D eigenvalue weighted by molar-refractivity contribution is 0.415. The first-order valence-electron chi connectivity index (χ1n) is 7.06. The van der Waals surface area contributed by atoms with Gasteiger partial charge in [-0.15, -0.1) is 0 Å². The summed E-state index contributed by atoms with van der Waals surface area (Å²) >= 11 is 0. The summed E-state index contributed by atoms with van der Waals surface area (Å²) in [6.45, 7) is 0. The Morgan fingerprint density at radius 3 is 1.64 bits per heavy atom. The molecule has 0 radical (unpaired) electrons. The van der Waals surface area contributed by atoms with E-state index in [1.807, 2.05) is 78.9 Å². The first-order chi connectivity index (χ1) is 10.8. The molecule has 0 aliphatic carbocycles. The number of benzene rings is 3. The van der Waals surface area contributed by atoms with Gasteiger partial charge in [0, 0.05) is 0 Å². The Kier molecular flexibility index (Phi) is 4.25. The van der Waals surface area contributed by atoms with Crippen molar-refractivity contribution in [3.63, 3.8) is 0 Å². The van der Waals surface area contributed by atoms with Crippen molar-refractivity contribution in [3.05, 3.63) is 78.9 Å². The average Bonchev–Trinajstić information content (AvgIpc) is 2.61. The molecule has 0 atom stereocenters. The van der Waals surface area contributed by atoms with E-state index in [9.17, 15) is 0 Å². The molecule has 3 aromatic rings. The Bertz CT molecular complexity index is 748. The van der Waals surface area contributed by atoms with E-state index in [0.29, 0.717) is 0 Å². The topological polar surface area (TPSA) is 34.0 Å².